The van der Waals surface area contributed by atoms with Crippen molar-refractivity contribution in [3.63, 3.8) is 0 Å². The summed E-state index contributed by atoms with van der Waals surface area (Å²) in [7, 11) is 1.25. The van der Waals surface area contributed by atoms with E-state index in [4.69, 9.17) is 14.2 Å². The Bertz CT molecular complexity index is 2000. The number of nitrogens with one attached hydrogen (secondary N) is 3. The maximum Gasteiger partial charge on any atom is 0.407 e. The van der Waals surface area contributed by atoms with Crippen LogP contribution in [0, 0.1) is 5.92 Å². The Morgan fingerprint density at radius 2 is 1.72 bits per heavy atom. The van der Waals surface area contributed by atoms with Gasteiger partial charge in [-0.1, -0.05) is 12.1 Å². The number of carbonyl (C=O) groups excluding carboxylic acids is 4. The second-order valence-corrected chi connectivity index (χ2v) is 15.0. The Kier molecular flexibility index (Phi) is 8.59. The lowest BCUT2D eigenvalue weighted by Crippen LogP contribution is -2.68. The highest BCUT2D eigenvalue weighted by Gasteiger charge is 2.57. The van der Waals surface area contributed by atoms with Gasteiger partial charge in [0.15, 0.2) is 5.69 Å². The van der Waals surface area contributed by atoms with Crippen LogP contribution >= 0.6 is 11.3 Å². The monoisotopic (exact) mass is 694 g/mol. The number of pyridine rings is 1. The van der Waals surface area contributed by atoms with Gasteiger partial charge in [0, 0.05) is 51.3 Å². The van der Waals surface area contributed by atoms with E-state index in [1.807, 2.05) is 5.38 Å². The SMILES string of the molecule is COC(=O)c1nc(C(=O)NC23CC(C2)C3)ccc1-c1cc2c(cc1C(=O)Nc1ccc(CNC(=O)OC(C)(C)C)cc1)-c1sccc1CCO2. The van der Waals surface area contributed by atoms with Gasteiger partial charge in [-0.2, -0.15) is 0 Å². The number of nitrogens with zero attached hydrogens (tertiary/aromatic N) is 1. The van der Waals surface area contributed by atoms with E-state index in [9.17, 15) is 19.2 Å². The van der Waals surface area contributed by atoms with E-state index in [-0.39, 0.29) is 34.9 Å². The third-order valence-electron chi connectivity index (χ3n) is 9.25. The lowest BCUT2D eigenvalue weighted by atomic mass is 9.50. The number of hydrogen-bond donors (Lipinski definition) is 3. The van der Waals surface area contributed by atoms with Crippen molar-refractivity contribution < 1.29 is 33.4 Å². The first-order chi connectivity index (χ1) is 23.9. The highest BCUT2D eigenvalue weighted by molar-refractivity contribution is 7.13. The predicted molar refractivity (Wildman–Crippen MR) is 189 cm³/mol. The molecule has 3 N–H and O–H groups in total. The fourth-order valence-electron chi connectivity index (χ4n) is 6.71. The summed E-state index contributed by atoms with van der Waals surface area (Å²) in [6.07, 6.45) is 3.08. The van der Waals surface area contributed by atoms with Gasteiger partial charge in [-0.3, -0.25) is 9.59 Å². The Hall–Kier alpha value is -5.23. The van der Waals surface area contributed by atoms with Crippen molar-refractivity contribution in [3.05, 3.63) is 88.1 Å². The Labute approximate surface area is 293 Å². The van der Waals surface area contributed by atoms with Crippen molar-refractivity contribution >= 4 is 40.9 Å². The van der Waals surface area contributed by atoms with Crippen LogP contribution in [-0.4, -0.2) is 53.7 Å². The van der Waals surface area contributed by atoms with E-state index in [0.29, 0.717) is 41.5 Å². The first-order valence-electron chi connectivity index (χ1n) is 16.6. The molecule has 8 rings (SSSR count). The number of esters is 1. The molecule has 4 aliphatic rings. The second kappa shape index (κ2) is 12.9. The molecule has 0 spiro atoms. The number of methoxy groups -OCH3 is 1. The van der Waals surface area contributed by atoms with E-state index in [2.05, 4.69) is 27.0 Å². The van der Waals surface area contributed by atoms with Gasteiger partial charge in [0.25, 0.3) is 11.8 Å². The van der Waals surface area contributed by atoms with Crippen LogP contribution in [0.5, 0.6) is 5.75 Å². The average Bonchev–Trinajstić information content (AvgIpc) is 3.45. The predicted octanol–water partition coefficient (Wildman–Crippen LogP) is 6.76. The fourth-order valence-corrected chi connectivity index (χ4v) is 7.69. The minimum absolute atomic E-state index is 0.0842. The van der Waals surface area contributed by atoms with Gasteiger partial charge in [-0.15, -0.1) is 11.3 Å². The summed E-state index contributed by atoms with van der Waals surface area (Å²) in [5.74, 6) is -0.260. The summed E-state index contributed by atoms with van der Waals surface area (Å²) in [4.78, 5) is 58.2. The number of rotatable bonds is 8. The summed E-state index contributed by atoms with van der Waals surface area (Å²) in [6.45, 7) is 6.08. The third-order valence-corrected chi connectivity index (χ3v) is 10.2. The largest absolute Gasteiger partial charge is 0.493 e. The standard InChI is InChI=1S/C38H38N4O7S/c1-37(2,3)49-36(46)39-20-21-5-7-24(8-6-21)40-33(43)27-15-28-30(48-13-11-23-12-14-50-32(23)28)16-26(27)25-9-10-29(41-31(25)35(45)47-4)34(44)42-38-17-22(18-38)19-38/h5-10,12,14-16,22H,11,13,17-20H2,1-4H3,(H,39,46)(H,40,43)(H,42,44). The molecule has 4 aromatic rings. The molecule has 0 unspecified atom stereocenters. The van der Waals surface area contributed by atoms with Crippen LogP contribution in [-0.2, 0) is 22.4 Å². The molecule has 0 saturated heterocycles. The number of anilines is 1. The van der Waals surface area contributed by atoms with Gasteiger partial charge < -0.3 is 30.2 Å². The number of alkyl carbamates (subject to hydrolysis) is 1. The second-order valence-electron chi connectivity index (χ2n) is 14.1. The molecule has 2 bridgehead atoms. The number of aromatic nitrogens is 1. The minimum atomic E-state index is -0.737. The van der Waals surface area contributed by atoms with E-state index < -0.39 is 23.6 Å². The zero-order valence-electron chi connectivity index (χ0n) is 28.3. The highest BCUT2D eigenvalue weighted by atomic mass is 32.1. The molecule has 258 valence electrons. The van der Waals surface area contributed by atoms with E-state index in [0.717, 1.165) is 40.8 Å². The van der Waals surface area contributed by atoms with Crippen LogP contribution in [0.1, 0.15) is 82.5 Å². The maximum atomic E-state index is 14.2. The Balaban J connectivity index is 1.22. The topological polar surface area (TPSA) is 145 Å². The van der Waals surface area contributed by atoms with Crippen molar-refractivity contribution in [2.24, 2.45) is 5.92 Å². The quantitative estimate of drug-likeness (QED) is 0.172. The molecular formula is C38H38N4O7S. The number of amides is 3. The van der Waals surface area contributed by atoms with Crippen molar-refractivity contribution in [1.29, 1.82) is 0 Å². The molecule has 0 atom stereocenters. The molecule has 2 aromatic heterocycles. The molecular weight excluding hydrogens is 657 g/mol. The molecule has 1 aliphatic heterocycles. The number of thiophene rings is 1. The number of hydrogen-bond acceptors (Lipinski definition) is 9. The van der Waals surface area contributed by atoms with Gasteiger partial charge in [0.1, 0.15) is 17.0 Å². The average molecular weight is 695 g/mol. The number of fused-ring (bicyclic) bond motifs is 3. The molecule has 50 heavy (non-hydrogen) atoms. The third kappa shape index (κ3) is 6.67. The number of ether oxygens (including phenoxy) is 3. The molecule has 3 saturated carbocycles. The van der Waals surface area contributed by atoms with Gasteiger partial charge in [-0.05, 0) is 105 Å². The Morgan fingerprint density at radius 3 is 2.40 bits per heavy atom. The molecule has 11 nitrogen and oxygen atoms in total. The fraction of sp³-hybridized carbons (Fsp3) is 0.342. The Morgan fingerprint density at radius 1 is 0.960 bits per heavy atom. The zero-order valence-corrected chi connectivity index (χ0v) is 29.1. The van der Waals surface area contributed by atoms with Crippen molar-refractivity contribution in [2.75, 3.05) is 19.0 Å². The van der Waals surface area contributed by atoms with Crippen molar-refractivity contribution in [2.45, 2.75) is 64.1 Å². The lowest BCUT2D eigenvalue weighted by molar-refractivity contribution is -0.0439. The molecule has 3 fully saturated rings. The molecule has 3 aliphatic carbocycles. The van der Waals surface area contributed by atoms with E-state index in [1.165, 1.54) is 7.11 Å². The normalized spacial score (nSPS) is 18.4. The van der Waals surface area contributed by atoms with Crippen LogP contribution in [0.2, 0.25) is 0 Å². The van der Waals surface area contributed by atoms with Crippen LogP contribution in [0.4, 0.5) is 10.5 Å². The van der Waals surface area contributed by atoms with Gasteiger partial charge in [-0.25, -0.2) is 14.6 Å². The first-order valence-corrected chi connectivity index (χ1v) is 17.5. The summed E-state index contributed by atoms with van der Waals surface area (Å²) in [6, 6.07) is 15.9. The highest BCUT2D eigenvalue weighted by Crippen LogP contribution is 2.57. The summed E-state index contributed by atoms with van der Waals surface area (Å²) in [5, 5.41) is 10.8. The molecule has 3 heterocycles. The number of carbonyl (C=O) groups is 4. The van der Waals surface area contributed by atoms with E-state index >= 15 is 0 Å². The zero-order chi connectivity index (χ0) is 35.2. The van der Waals surface area contributed by atoms with Crippen LogP contribution in [0.3, 0.4) is 0 Å². The van der Waals surface area contributed by atoms with Gasteiger partial charge in [0.05, 0.1) is 13.7 Å². The minimum Gasteiger partial charge on any atom is -0.493 e. The van der Waals surface area contributed by atoms with Crippen LogP contribution in [0.15, 0.2) is 60.0 Å². The smallest absolute Gasteiger partial charge is 0.407 e. The summed E-state index contributed by atoms with van der Waals surface area (Å²) in [5.41, 5.74) is 3.48. The molecule has 3 amide bonds. The molecule has 0 radical (unpaired) electrons. The molecule has 12 heteroatoms. The van der Waals surface area contributed by atoms with Crippen LogP contribution in [0.25, 0.3) is 21.6 Å². The van der Waals surface area contributed by atoms with Crippen LogP contribution < -0.4 is 20.7 Å². The van der Waals surface area contributed by atoms with Gasteiger partial charge >= 0.3 is 12.1 Å². The van der Waals surface area contributed by atoms with E-state index in [1.54, 1.807) is 80.6 Å². The van der Waals surface area contributed by atoms with Crippen molar-refractivity contribution in [3.8, 4) is 27.3 Å². The first kappa shape index (κ1) is 33.3. The van der Waals surface area contributed by atoms with Crippen molar-refractivity contribution in [1.82, 2.24) is 15.6 Å². The lowest BCUT2D eigenvalue weighted by Gasteiger charge is -2.61. The molecule has 2 aromatic carbocycles. The van der Waals surface area contributed by atoms with Gasteiger partial charge in [0.2, 0.25) is 0 Å². The summed E-state index contributed by atoms with van der Waals surface area (Å²) < 4.78 is 16.6. The maximum absolute atomic E-state index is 14.2. The summed E-state index contributed by atoms with van der Waals surface area (Å²) >= 11 is 1.57. The number of benzene rings is 2.